The third kappa shape index (κ3) is 2.40. The van der Waals surface area contributed by atoms with E-state index in [1.165, 1.54) is 22.3 Å². The summed E-state index contributed by atoms with van der Waals surface area (Å²) in [6.45, 7) is 2.11. The molecular formula is C19H15B. The van der Waals surface area contributed by atoms with Crippen LogP contribution in [0, 0.1) is 6.92 Å². The van der Waals surface area contributed by atoms with E-state index >= 15 is 0 Å². The first-order chi connectivity index (χ1) is 9.75. The van der Waals surface area contributed by atoms with Gasteiger partial charge in [-0.1, -0.05) is 83.8 Å². The lowest BCUT2D eigenvalue weighted by molar-refractivity contribution is 1.47. The lowest BCUT2D eigenvalue weighted by Crippen LogP contribution is -2.06. The summed E-state index contributed by atoms with van der Waals surface area (Å²) in [5, 5.41) is 0. The fraction of sp³-hybridized carbons (Fsp3) is 0.0526. The van der Waals surface area contributed by atoms with E-state index in [-0.39, 0.29) is 0 Å². The van der Waals surface area contributed by atoms with E-state index in [1.54, 1.807) is 0 Å². The van der Waals surface area contributed by atoms with Crippen molar-refractivity contribution >= 4 is 13.3 Å². The van der Waals surface area contributed by atoms with Crippen molar-refractivity contribution < 1.29 is 0 Å². The summed E-state index contributed by atoms with van der Waals surface area (Å²) in [5.74, 6) is 0. The molecule has 3 aromatic rings. The highest BCUT2D eigenvalue weighted by atomic mass is 14.1. The van der Waals surface area contributed by atoms with Crippen LogP contribution in [-0.2, 0) is 0 Å². The molecule has 0 aliphatic rings. The molecule has 0 fully saturated rings. The average Bonchev–Trinajstić information content (AvgIpc) is 2.48. The average molecular weight is 254 g/mol. The van der Waals surface area contributed by atoms with Crippen molar-refractivity contribution in [2.45, 2.75) is 6.92 Å². The van der Waals surface area contributed by atoms with E-state index in [2.05, 4.69) is 61.5 Å². The predicted octanol–water partition coefficient (Wildman–Crippen LogP) is 4.12. The molecule has 0 N–H and O–H groups in total. The van der Waals surface area contributed by atoms with E-state index in [1.807, 2.05) is 18.2 Å². The number of hydrogen-bond acceptors (Lipinski definition) is 0. The summed E-state index contributed by atoms with van der Waals surface area (Å²) < 4.78 is 0. The fourth-order valence-electron chi connectivity index (χ4n) is 2.52. The van der Waals surface area contributed by atoms with Crippen LogP contribution in [0.1, 0.15) is 5.56 Å². The van der Waals surface area contributed by atoms with Crippen LogP contribution in [0.4, 0.5) is 0 Å². The molecule has 0 aliphatic carbocycles. The Labute approximate surface area is 121 Å². The topological polar surface area (TPSA) is 0 Å². The maximum atomic E-state index is 6.13. The van der Waals surface area contributed by atoms with Crippen LogP contribution in [0.2, 0.25) is 0 Å². The lowest BCUT2D eigenvalue weighted by atomic mass is 9.84. The highest BCUT2D eigenvalue weighted by molar-refractivity contribution is 6.36. The largest absolute Gasteiger partial charge is 0.114 e. The molecule has 1 heteroatoms. The molecule has 2 radical (unpaired) electrons. The van der Waals surface area contributed by atoms with Gasteiger partial charge < -0.3 is 0 Å². The zero-order valence-corrected chi connectivity index (χ0v) is 11.5. The lowest BCUT2D eigenvalue weighted by Gasteiger charge is -2.13. The molecule has 0 heterocycles. The standard InChI is InChI=1S/C19H15B/c1-14-7-6-8-15(13-14)16-9-2-3-10-17(16)18-11-4-5-12-19(18)20/h2-13H,1H3. The second kappa shape index (κ2) is 5.38. The van der Waals surface area contributed by atoms with Crippen molar-refractivity contribution in [2.75, 3.05) is 0 Å². The van der Waals surface area contributed by atoms with Crippen LogP contribution in [0.15, 0.2) is 72.8 Å². The Balaban J connectivity index is 2.22. The minimum Gasteiger partial charge on any atom is -0.0890 e. The molecule has 0 nitrogen and oxygen atoms in total. The Morgan fingerprint density at radius 2 is 1.30 bits per heavy atom. The summed E-state index contributed by atoms with van der Waals surface area (Å²) in [6.07, 6.45) is 0. The van der Waals surface area contributed by atoms with Crippen molar-refractivity contribution in [3.05, 3.63) is 78.4 Å². The van der Waals surface area contributed by atoms with E-state index < -0.39 is 0 Å². The predicted molar refractivity (Wildman–Crippen MR) is 87.4 cm³/mol. The maximum absolute atomic E-state index is 6.13. The highest BCUT2D eigenvalue weighted by Crippen LogP contribution is 2.31. The third-order valence-corrected chi connectivity index (χ3v) is 3.51. The van der Waals surface area contributed by atoms with Gasteiger partial charge in [-0.05, 0) is 29.2 Å². The quantitative estimate of drug-likeness (QED) is 0.603. The van der Waals surface area contributed by atoms with Gasteiger partial charge in [0.1, 0.15) is 7.85 Å². The van der Waals surface area contributed by atoms with Crippen LogP contribution < -0.4 is 5.46 Å². The van der Waals surface area contributed by atoms with Gasteiger partial charge in [0.15, 0.2) is 0 Å². The minimum atomic E-state index is 0.813. The molecule has 0 saturated carbocycles. The molecule has 20 heavy (non-hydrogen) atoms. The number of rotatable bonds is 2. The molecule has 0 spiro atoms. The van der Waals surface area contributed by atoms with E-state index in [9.17, 15) is 0 Å². The van der Waals surface area contributed by atoms with Crippen LogP contribution in [0.5, 0.6) is 0 Å². The molecule has 0 aliphatic heterocycles. The molecule has 0 atom stereocenters. The van der Waals surface area contributed by atoms with Crippen molar-refractivity contribution in [2.24, 2.45) is 0 Å². The van der Waals surface area contributed by atoms with E-state index in [0.29, 0.717) is 0 Å². The first kappa shape index (κ1) is 12.7. The monoisotopic (exact) mass is 254 g/mol. The molecule has 0 amide bonds. The summed E-state index contributed by atoms with van der Waals surface area (Å²) in [5.41, 5.74) is 6.78. The Morgan fingerprint density at radius 1 is 0.650 bits per heavy atom. The SMILES string of the molecule is [B]c1ccccc1-c1ccccc1-c1cccc(C)c1. The molecule has 3 aromatic carbocycles. The number of hydrogen-bond donors (Lipinski definition) is 0. The van der Waals surface area contributed by atoms with E-state index in [0.717, 1.165) is 11.0 Å². The van der Waals surface area contributed by atoms with Gasteiger partial charge in [-0.15, -0.1) is 0 Å². The van der Waals surface area contributed by atoms with Crippen LogP contribution in [0.25, 0.3) is 22.3 Å². The van der Waals surface area contributed by atoms with Gasteiger partial charge in [0.2, 0.25) is 0 Å². The molecule has 94 valence electrons. The normalized spacial score (nSPS) is 10.4. The minimum absolute atomic E-state index is 0.813. The first-order valence-corrected chi connectivity index (χ1v) is 6.76. The van der Waals surface area contributed by atoms with Gasteiger partial charge in [-0.2, -0.15) is 0 Å². The van der Waals surface area contributed by atoms with E-state index in [4.69, 9.17) is 7.85 Å². The van der Waals surface area contributed by atoms with Gasteiger partial charge in [0.05, 0.1) is 0 Å². The molecular weight excluding hydrogens is 239 g/mol. The zero-order valence-electron chi connectivity index (χ0n) is 11.5. The summed E-state index contributed by atoms with van der Waals surface area (Å²) >= 11 is 0. The van der Waals surface area contributed by atoms with Crippen LogP contribution >= 0.6 is 0 Å². The Morgan fingerprint density at radius 3 is 2.00 bits per heavy atom. The summed E-state index contributed by atoms with van der Waals surface area (Å²) in [7, 11) is 6.13. The third-order valence-electron chi connectivity index (χ3n) is 3.51. The second-order valence-electron chi connectivity index (χ2n) is 5.00. The second-order valence-corrected chi connectivity index (χ2v) is 5.00. The zero-order chi connectivity index (χ0) is 13.9. The number of benzene rings is 3. The maximum Gasteiger partial charge on any atom is 0.114 e. The smallest absolute Gasteiger partial charge is 0.0890 e. The van der Waals surface area contributed by atoms with Crippen molar-refractivity contribution in [1.29, 1.82) is 0 Å². The Hall–Kier alpha value is -2.28. The summed E-state index contributed by atoms with van der Waals surface area (Å²) in [6, 6.07) is 25.0. The summed E-state index contributed by atoms with van der Waals surface area (Å²) in [4.78, 5) is 0. The molecule has 0 unspecified atom stereocenters. The van der Waals surface area contributed by atoms with Gasteiger partial charge in [-0.3, -0.25) is 0 Å². The Kier molecular flexibility index (Phi) is 3.43. The van der Waals surface area contributed by atoms with Crippen molar-refractivity contribution in [3.63, 3.8) is 0 Å². The van der Waals surface area contributed by atoms with Gasteiger partial charge in [-0.25, -0.2) is 0 Å². The number of aryl methyl sites for hydroxylation is 1. The van der Waals surface area contributed by atoms with Gasteiger partial charge in [0, 0.05) is 0 Å². The van der Waals surface area contributed by atoms with Gasteiger partial charge >= 0.3 is 0 Å². The van der Waals surface area contributed by atoms with Crippen molar-refractivity contribution in [3.8, 4) is 22.3 Å². The van der Waals surface area contributed by atoms with Crippen molar-refractivity contribution in [1.82, 2.24) is 0 Å². The molecule has 0 bridgehead atoms. The highest BCUT2D eigenvalue weighted by Gasteiger charge is 2.08. The van der Waals surface area contributed by atoms with Gasteiger partial charge in [0.25, 0.3) is 0 Å². The van der Waals surface area contributed by atoms with Crippen LogP contribution in [-0.4, -0.2) is 7.85 Å². The molecule has 3 rings (SSSR count). The Bertz CT molecular complexity index is 744. The molecule has 0 saturated heterocycles. The van der Waals surface area contributed by atoms with Crippen LogP contribution in [0.3, 0.4) is 0 Å². The molecule has 0 aromatic heterocycles. The first-order valence-electron chi connectivity index (χ1n) is 6.76. The fourth-order valence-corrected chi connectivity index (χ4v) is 2.52.